The molecule has 23 heavy (non-hydrogen) atoms. The number of hydrogen-bond donors (Lipinski definition) is 2. The second-order valence-corrected chi connectivity index (χ2v) is 5.84. The quantitative estimate of drug-likeness (QED) is 0.778. The van der Waals surface area contributed by atoms with Crippen molar-refractivity contribution >= 4 is 16.8 Å². The zero-order valence-electron chi connectivity index (χ0n) is 13.3. The summed E-state index contributed by atoms with van der Waals surface area (Å²) in [7, 11) is 1.98. The second-order valence-electron chi connectivity index (χ2n) is 5.84. The molecule has 3 aromatic rings. The van der Waals surface area contributed by atoms with E-state index in [-0.39, 0.29) is 11.7 Å². The van der Waals surface area contributed by atoms with Gasteiger partial charge in [-0.05, 0) is 49.2 Å². The maximum Gasteiger partial charge on any atom is 0.251 e. The van der Waals surface area contributed by atoms with Crippen molar-refractivity contribution in [1.29, 1.82) is 0 Å². The highest BCUT2D eigenvalue weighted by Gasteiger charge is 2.09. The van der Waals surface area contributed by atoms with E-state index in [9.17, 15) is 9.90 Å². The van der Waals surface area contributed by atoms with E-state index in [2.05, 4.69) is 5.32 Å². The molecule has 0 saturated carbocycles. The van der Waals surface area contributed by atoms with Crippen molar-refractivity contribution in [2.45, 2.75) is 13.3 Å². The summed E-state index contributed by atoms with van der Waals surface area (Å²) in [5.74, 6) is 0.196. The van der Waals surface area contributed by atoms with Gasteiger partial charge in [-0.3, -0.25) is 4.79 Å². The van der Waals surface area contributed by atoms with Crippen molar-refractivity contribution in [2.75, 3.05) is 6.54 Å². The topological polar surface area (TPSA) is 54.3 Å². The number of nitrogens with one attached hydrogen (secondary N) is 1. The van der Waals surface area contributed by atoms with E-state index in [1.165, 1.54) is 0 Å². The molecule has 0 radical (unpaired) electrons. The van der Waals surface area contributed by atoms with E-state index >= 15 is 0 Å². The van der Waals surface area contributed by atoms with Gasteiger partial charge in [-0.2, -0.15) is 0 Å². The van der Waals surface area contributed by atoms with Gasteiger partial charge in [0.2, 0.25) is 0 Å². The molecule has 0 spiro atoms. The molecular weight excluding hydrogens is 288 g/mol. The molecule has 0 saturated heterocycles. The second kappa shape index (κ2) is 6.16. The number of hydrogen-bond acceptors (Lipinski definition) is 2. The number of fused-ring (bicyclic) bond motifs is 1. The molecule has 118 valence electrons. The molecule has 0 fully saturated rings. The molecule has 0 aliphatic heterocycles. The maximum absolute atomic E-state index is 12.1. The zero-order valence-corrected chi connectivity index (χ0v) is 13.3. The molecule has 0 atom stereocenters. The number of amides is 1. The molecule has 1 amide bonds. The molecule has 1 heterocycles. The Bertz CT molecular complexity index is 848. The van der Waals surface area contributed by atoms with E-state index in [1.807, 2.05) is 55.1 Å². The monoisotopic (exact) mass is 308 g/mol. The average Bonchev–Trinajstić information content (AvgIpc) is 2.83. The Labute approximate surface area is 135 Å². The van der Waals surface area contributed by atoms with Crippen molar-refractivity contribution in [3.05, 3.63) is 65.4 Å². The third-order valence-corrected chi connectivity index (χ3v) is 4.05. The van der Waals surface area contributed by atoms with E-state index in [4.69, 9.17) is 0 Å². The minimum absolute atomic E-state index is 0.0620. The van der Waals surface area contributed by atoms with E-state index in [1.54, 1.807) is 12.1 Å². The SMILES string of the molecule is Cc1ccc(C(=O)NCCc2cn(C)c3ccc(O)cc23)cc1. The zero-order chi connectivity index (χ0) is 16.4. The first-order valence-electron chi connectivity index (χ1n) is 7.66. The number of carbonyl (C=O) groups is 1. The van der Waals surface area contributed by atoms with Crippen LogP contribution in [0, 0.1) is 6.92 Å². The van der Waals surface area contributed by atoms with Gasteiger partial charge in [0.25, 0.3) is 5.91 Å². The van der Waals surface area contributed by atoms with E-state index in [0.717, 1.165) is 28.5 Å². The van der Waals surface area contributed by atoms with Crippen LogP contribution in [0.4, 0.5) is 0 Å². The maximum atomic E-state index is 12.1. The number of carbonyl (C=O) groups excluding carboxylic acids is 1. The van der Waals surface area contributed by atoms with Crippen LogP contribution < -0.4 is 5.32 Å². The standard InChI is InChI=1S/C19H20N2O2/c1-13-3-5-14(6-4-13)19(23)20-10-9-15-12-21(2)18-8-7-16(22)11-17(15)18/h3-8,11-12,22H,9-10H2,1-2H3,(H,20,23). The predicted molar refractivity (Wildman–Crippen MR) is 91.8 cm³/mol. The first-order valence-corrected chi connectivity index (χ1v) is 7.66. The Morgan fingerprint density at radius 1 is 1.17 bits per heavy atom. The smallest absolute Gasteiger partial charge is 0.251 e. The lowest BCUT2D eigenvalue weighted by Crippen LogP contribution is -2.25. The van der Waals surface area contributed by atoms with Crippen molar-refractivity contribution in [3.8, 4) is 5.75 Å². The summed E-state index contributed by atoms with van der Waals surface area (Å²) in [4.78, 5) is 12.1. The number of benzene rings is 2. The van der Waals surface area contributed by atoms with Gasteiger partial charge in [0.05, 0.1) is 0 Å². The van der Waals surface area contributed by atoms with Crippen LogP contribution in [0.5, 0.6) is 5.75 Å². The van der Waals surface area contributed by atoms with Crippen LogP contribution in [0.3, 0.4) is 0 Å². The number of phenols is 1. The lowest BCUT2D eigenvalue weighted by atomic mass is 10.1. The van der Waals surface area contributed by atoms with Crippen LogP contribution >= 0.6 is 0 Å². The molecule has 0 aliphatic rings. The Kier molecular flexibility index (Phi) is 4.06. The number of aromatic hydroxyl groups is 1. The highest BCUT2D eigenvalue weighted by atomic mass is 16.3. The highest BCUT2D eigenvalue weighted by Crippen LogP contribution is 2.25. The predicted octanol–water partition coefficient (Wildman–Crippen LogP) is 3.16. The number of phenolic OH excluding ortho intramolecular Hbond substituents is 1. The third kappa shape index (κ3) is 3.21. The summed E-state index contributed by atoms with van der Waals surface area (Å²) in [5.41, 5.74) is 3.99. The van der Waals surface area contributed by atoms with Gasteiger partial charge >= 0.3 is 0 Å². The van der Waals surface area contributed by atoms with E-state index in [0.29, 0.717) is 12.1 Å². The summed E-state index contributed by atoms with van der Waals surface area (Å²) in [6.07, 6.45) is 2.76. The number of rotatable bonds is 4. The van der Waals surface area contributed by atoms with Gasteiger partial charge in [-0.1, -0.05) is 17.7 Å². The molecule has 1 aromatic heterocycles. The molecule has 0 bridgehead atoms. The third-order valence-electron chi connectivity index (χ3n) is 4.05. The first kappa shape index (κ1) is 15.2. The lowest BCUT2D eigenvalue weighted by Gasteiger charge is -2.05. The summed E-state index contributed by atoms with van der Waals surface area (Å²) in [6, 6.07) is 12.9. The fourth-order valence-corrected chi connectivity index (χ4v) is 2.78. The Balaban J connectivity index is 1.68. The molecule has 2 N–H and O–H groups in total. The molecule has 3 rings (SSSR count). The first-order chi connectivity index (χ1) is 11.0. The summed E-state index contributed by atoms with van der Waals surface area (Å²) >= 11 is 0. The van der Waals surface area contributed by atoms with Crippen LogP contribution in [0.1, 0.15) is 21.5 Å². The van der Waals surface area contributed by atoms with Gasteiger partial charge in [0.1, 0.15) is 5.75 Å². The summed E-state index contributed by atoms with van der Waals surface area (Å²) < 4.78 is 2.03. The summed E-state index contributed by atoms with van der Waals surface area (Å²) in [5, 5.41) is 13.6. The van der Waals surface area contributed by atoms with E-state index < -0.39 is 0 Å². The molecule has 0 unspecified atom stereocenters. The number of aromatic nitrogens is 1. The lowest BCUT2D eigenvalue weighted by molar-refractivity contribution is 0.0954. The summed E-state index contributed by atoms with van der Waals surface area (Å²) in [6.45, 7) is 2.55. The molecule has 4 heteroatoms. The average molecular weight is 308 g/mol. The van der Waals surface area contributed by atoms with Gasteiger partial charge in [-0.15, -0.1) is 0 Å². The normalized spacial score (nSPS) is 10.9. The fourth-order valence-electron chi connectivity index (χ4n) is 2.78. The van der Waals surface area contributed by atoms with Crippen molar-refractivity contribution < 1.29 is 9.90 Å². The van der Waals surface area contributed by atoms with Gasteiger partial charge in [0.15, 0.2) is 0 Å². The van der Waals surface area contributed by atoms with Crippen molar-refractivity contribution in [1.82, 2.24) is 9.88 Å². The molecule has 0 aliphatic carbocycles. The fraction of sp³-hybridized carbons (Fsp3) is 0.211. The van der Waals surface area contributed by atoms with Crippen LogP contribution in [0.25, 0.3) is 10.9 Å². The van der Waals surface area contributed by atoms with Crippen LogP contribution in [0.2, 0.25) is 0 Å². The molecule has 4 nitrogen and oxygen atoms in total. The molecular formula is C19H20N2O2. The van der Waals surface area contributed by atoms with Gasteiger partial charge in [-0.25, -0.2) is 0 Å². The Morgan fingerprint density at radius 2 is 1.91 bits per heavy atom. The minimum Gasteiger partial charge on any atom is -0.508 e. The largest absolute Gasteiger partial charge is 0.508 e. The van der Waals surface area contributed by atoms with Crippen molar-refractivity contribution in [3.63, 3.8) is 0 Å². The van der Waals surface area contributed by atoms with Gasteiger partial charge in [0, 0.05) is 36.3 Å². The Morgan fingerprint density at radius 3 is 2.65 bits per heavy atom. The van der Waals surface area contributed by atoms with Crippen LogP contribution in [0.15, 0.2) is 48.7 Å². The van der Waals surface area contributed by atoms with Crippen LogP contribution in [-0.4, -0.2) is 22.1 Å². The number of nitrogens with zero attached hydrogens (tertiary/aromatic N) is 1. The van der Waals surface area contributed by atoms with Crippen LogP contribution in [-0.2, 0) is 13.5 Å². The van der Waals surface area contributed by atoms with Gasteiger partial charge < -0.3 is 15.0 Å². The Hall–Kier alpha value is -2.75. The number of aryl methyl sites for hydroxylation is 2. The highest BCUT2D eigenvalue weighted by molar-refractivity contribution is 5.94. The minimum atomic E-state index is -0.0620. The van der Waals surface area contributed by atoms with Crippen molar-refractivity contribution in [2.24, 2.45) is 7.05 Å². The molecule has 2 aromatic carbocycles.